The summed E-state index contributed by atoms with van der Waals surface area (Å²) in [7, 11) is 4.44. The third-order valence-electron chi connectivity index (χ3n) is 2.25. The second kappa shape index (κ2) is 5.88. The van der Waals surface area contributed by atoms with E-state index in [1.165, 1.54) is 21.3 Å². The highest BCUT2D eigenvalue weighted by Gasteiger charge is 2.23. The third kappa shape index (κ3) is 2.53. The largest absolute Gasteiger partial charge is 0.493 e. The Kier molecular flexibility index (Phi) is 4.77. The molecule has 0 amide bonds. The quantitative estimate of drug-likeness (QED) is 0.837. The molecule has 0 spiro atoms. The van der Waals surface area contributed by atoms with Crippen molar-refractivity contribution < 1.29 is 19.0 Å². The number of hydrogen-bond donors (Lipinski definition) is 1. The Labute approximate surface area is 108 Å². The molecule has 1 aromatic carbocycles. The van der Waals surface area contributed by atoms with Crippen LogP contribution in [-0.2, 0) is 0 Å². The molecule has 5 nitrogen and oxygen atoms in total. The molecule has 6 heteroatoms. The third-order valence-corrected chi connectivity index (χ3v) is 2.87. The van der Waals surface area contributed by atoms with Gasteiger partial charge in [-0.3, -0.25) is 4.79 Å². The molecule has 0 atom stereocenters. The summed E-state index contributed by atoms with van der Waals surface area (Å²) in [4.78, 5) is 11.8. The Balaban J connectivity index is 3.54. The molecule has 0 aliphatic rings. The SMILES string of the molecule is COc1cc(Br)c(C(=O)CN)c(OC)c1OC. The molecule has 0 aromatic heterocycles. The van der Waals surface area contributed by atoms with Crippen molar-refractivity contribution in [1.29, 1.82) is 0 Å². The number of rotatable bonds is 5. The maximum Gasteiger partial charge on any atom is 0.204 e. The lowest BCUT2D eigenvalue weighted by Crippen LogP contribution is -2.16. The van der Waals surface area contributed by atoms with Crippen molar-refractivity contribution >= 4 is 21.7 Å². The van der Waals surface area contributed by atoms with Crippen LogP contribution in [0.5, 0.6) is 17.2 Å². The Morgan fingerprint density at radius 2 is 1.82 bits per heavy atom. The van der Waals surface area contributed by atoms with Crippen LogP contribution in [0.4, 0.5) is 0 Å². The number of halogens is 1. The van der Waals surface area contributed by atoms with Crippen molar-refractivity contribution in [2.45, 2.75) is 0 Å². The molecule has 2 N–H and O–H groups in total. The highest BCUT2D eigenvalue weighted by Crippen LogP contribution is 2.43. The van der Waals surface area contributed by atoms with Crippen LogP contribution < -0.4 is 19.9 Å². The molecule has 0 fully saturated rings. The Morgan fingerprint density at radius 1 is 1.24 bits per heavy atom. The second-order valence-corrected chi connectivity index (χ2v) is 3.98. The first-order valence-corrected chi connectivity index (χ1v) is 5.61. The summed E-state index contributed by atoms with van der Waals surface area (Å²) < 4.78 is 16.1. The lowest BCUT2D eigenvalue weighted by Gasteiger charge is -2.16. The van der Waals surface area contributed by atoms with E-state index in [1.54, 1.807) is 6.07 Å². The van der Waals surface area contributed by atoms with E-state index in [4.69, 9.17) is 19.9 Å². The van der Waals surface area contributed by atoms with Gasteiger partial charge in [0, 0.05) is 4.47 Å². The van der Waals surface area contributed by atoms with Gasteiger partial charge in [0.25, 0.3) is 0 Å². The molecule has 0 aliphatic carbocycles. The number of Topliss-reactive ketones (excluding diaryl/α,β-unsaturated/α-hetero) is 1. The summed E-state index contributed by atoms with van der Waals surface area (Å²) in [6.07, 6.45) is 0. The van der Waals surface area contributed by atoms with Crippen LogP contribution in [-0.4, -0.2) is 33.7 Å². The van der Waals surface area contributed by atoms with Crippen molar-refractivity contribution in [3.05, 3.63) is 16.1 Å². The normalized spacial score (nSPS) is 9.94. The number of ether oxygens (including phenoxy) is 3. The topological polar surface area (TPSA) is 70.8 Å². The van der Waals surface area contributed by atoms with E-state index in [0.717, 1.165) is 0 Å². The van der Waals surface area contributed by atoms with Gasteiger partial charge in [0.05, 0.1) is 33.4 Å². The van der Waals surface area contributed by atoms with Crippen LogP contribution in [0.3, 0.4) is 0 Å². The molecule has 0 saturated heterocycles. The number of methoxy groups -OCH3 is 3. The number of carbonyl (C=O) groups excluding carboxylic acids is 1. The average Bonchev–Trinajstić information content (AvgIpc) is 2.36. The van der Waals surface area contributed by atoms with Gasteiger partial charge in [-0.1, -0.05) is 0 Å². The minimum Gasteiger partial charge on any atom is -0.493 e. The molecular formula is C11H14BrNO4. The number of hydrogen-bond acceptors (Lipinski definition) is 5. The summed E-state index contributed by atoms with van der Waals surface area (Å²) in [6.45, 7) is -0.107. The molecule has 1 aromatic rings. The molecule has 0 bridgehead atoms. The predicted molar refractivity (Wildman–Crippen MR) is 67.2 cm³/mol. The van der Waals surface area contributed by atoms with Crippen LogP contribution >= 0.6 is 15.9 Å². The Morgan fingerprint density at radius 3 is 2.24 bits per heavy atom. The average molecular weight is 304 g/mol. The standard InChI is InChI=1S/C11H14BrNO4/c1-15-8-4-6(12)9(7(14)5-13)11(17-3)10(8)16-2/h4H,5,13H2,1-3H3. The number of ketones is 1. The maximum atomic E-state index is 11.8. The second-order valence-electron chi connectivity index (χ2n) is 3.13. The Bertz CT molecular complexity index is 434. The highest BCUT2D eigenvalue weighted by atomic mass is 79.9. The lowest BCUT2D eigenvalue weighted by atomic mass is 10.1. The molecule has 0 saturated carbocycles. The van der Waals surface area contributed by atoms with Crippen molar-refractivity contribution in [2.75, 3.05) is 27.9 Å². The molecule has 1 rings (SSSR count). The molecule has 0 unspecified atom stereocenters. The van der Waals surface area contributed by atoms with Crippen LogP contribution in [0.1, 0.15) is 10.4 Å². The van der Waals surface area contributed by atoms with E-state index < -0.39 is 0 Å². The number of carbonyl (C=O) groups is 1. The predicted octanol–water partition coefficient (Wildman–Crippen LogP) is 1.62. The smallest absolute Gasteiger partial charge is 0.204 e. The summed E-state index contributed by atoms with van der Waals surface area (Å²) in [5, 5.41) is 0. The van der Waals surface area contributed by atoms with Crippen molar-refractivity contribution in [1.82, 2.24) is 0 Å². The highest BCUT2D eigenvalue weighted by molar-refractivity contribution is 9.10. The van der Waals surface area contributed by atoms with Gasteiger partial charge in [-0.05, 0) is 22.0 Å². The molecule has 94 valence electrons. The minimum atomic E-state index is -0.241. The first kappa shape index (κ1) is 13.8. The van der Waals surface area contributed by atoms with Crippen molar-refractivity contribution in [3.63, 3.8) is 0 Å². The zero-order valence-corrected chi connectivity index (χ0v) is 11.5. The summed E-state index contributed by atoms with van der Waals surface area (Å²) >= 11 is 3.29. The summed E-state index contributed by atoms with van der Waals surface area (Å²) in [5.74, 6) is 0.920. The van der Waals surface area contributed by atoms with Crippen LogP contribution in [0.2, 0.25) is 0 Å². The van der Waals surface area contributed by atoms with Gasteiger partial charge in [-0.15, -0.1) is 0 Å². The fraction of sp³-hybridized carbons (Fsp3) is 0.364. The van der Waals surface area contributed by atoms with Gasteiger partial charge in [0.15, 0.2) is 17.3 Å². The molecule has 17 heavy (non-hydrogen) atoms. The van der Waals surface area contributed by atoms with Crippen LogP contribution in [0.25, 0.3) is 0 Å². The fourth-order valence-corrected chi connectivity index (χ4v) is 2.10. The number of nitrogens with two attached hydrogens (primary N) is 1. The Hall–Kier alpha value is -1.27. The lowest BCUT2D eigenvalue weighted by molar-refractivity contribution is 0.0997. The van der Waals surface area contributed by atoms with Gasteiger partial charge < -0.3 is 19.9 Å². The maximum absolute atomic E-state index is 11.8. The van der Waals surface area contributed by atoms with E-state index in [2.05, 4.69) is 15.9 Å². The molecule has 0 heterocycles. The van der Waals surface area contributed by atoms with E-state index in [1.807, 2.05) is 0 Å². The van der Waals surface area contributed by atoms with E-state index in [0.29, 0.717) is 27.3 Å². The first-order chi connectivity index (χ1) is 8.10. The van der Waals surface area contributed by atoms with Crippen molar-refractivity contribution in [3.8, 4) is 17.2 Å². The molecule has 0 aliphatic heterocycles. The van der Waals surface area contributed by atoms with E-state index >= 15 is 0 Å². The van der Waals surface area contributed by atoms with E-state index in [9.17, 15) is 4.79 Å². The zero-order chi connectivity index (χ0) is 13.0. The van der Waals surface area contributed by atoms with Crippen LogP contribution in [0.15, 0.2) is 10.5 Å². The van der Waals surface area contributed by atoms with E-state index in [-0.39, 0.29) is 12.3 Å². The van der Waals surface area contributed by atoms with Gasteiger partial charge in [0.1, 0.15) is 0 Å². The summed E-state index contributed by atoms with van der Waals surface area (Å²) in [6, 6.07) is 1.64. The molecule has 0 radical (unpaired) electrons. The monoisotopic (exact) mass is 303 g/mol. The van der Waals surface area contributed by atoms with Gasteiger partial charge >= 0.3 is 0 Å². The zero-order valence-electron chi connectivity index (χ0n) is 9.87. The first-order valence-electron chi connectivity index (χ1n) is 4.82. The number of benzene rings is 1. The molecular weight excluding hydrogens is 290 g/mol. The van der Waals surface area contributed by atoms with Gasteiger partial charge in [-0.25, -0.2) is 0 Å². The fourth-order valence-electron chi connectivity index (χ4n) is 1.49. The van der Waals surface area contributed by atoms with Crippen LogP contribution in [0, 0.1) is 0 Å². The van der Waals surface area contributed by atoms with Crippen molar-refractivity contribution in [2.24, 2.45) is 5.73 Å². The minimum absolute atomic E-state index is 0.107. The summed E-state index contributed by atoms with van der Waals surface area (Å²) in [5.41, 5.74) is 5.71. The van der Waals surface area contributed by atoms with Gasteiger partial charge in [0.2, 0.25) is 5.75 Å². The van der Waals surface area contributed by atoms with Gasteiger partial charge in [-0.2, -0.15) is 0 Å².